The molecule has 2 aliphatic heterocycles. The summed E-state index contributed by atoms with van der Waals surface area (Å²) in [5.41, 5.74) is 8.55. The summed E-state index contributed by atoms with van der Waals surface area (Å²) in [6.07, 6.45) is 2.28. The SMILES string of the molecule is C[C@@H]1Cc2ccccc2CN1C(=O)c1cc2c(cc1-c1cc(C(=O)N(C)c3ccc(OCc4ccccc4)cc3)c3ccccn13)CN(C(=O)OC(C)(C)C)C2. The van der Waals surface area contributed by atoms with E-state index in [1.807, 2.05) is 139 Å². The number of ether oxygens (including phenoxy) is 2. The van der Waals surface area contributed by atoms with Gasteiger partial charge in [0.1, 0.15) is 18.0 Å². The molecule has 0 unspecified atom stereocenters. The molecular weight excluding hydrogens is 701 g/mol. The van der Waals surface area contributed by atoms with Crippen LogP contribution in [0.1, 0.15) is 76.2 Å². The lowest BCUT2D eigenvalue weighted by atomic mass is 9.92. The van der Waals surface area contributed by atoms with Crippen LogP contribution in [0.5, 0.6) is 5.75 Å². The highest BCUT2D eigenvalue weighted by Crippen LogP contribution is 2.37. The first kappa shape index (κ1) is 36.6. The summed E-state index contributed by atoms with van der Waals surface area (Å²) in [6.45, 7) is 9.28. The van der Waals surface area contributed by atoms with Crippen LogP contribution in [0.4, 0.5) is 10.5 Å². The first-order valence-corrected chi connectivity index (χ1v) is 19.1. The number of hydrogen-bond acceptors (Lipinski definition) is 5. The molecule has 284 valence electrons. The van der Waals surface area contributed by atoms with Crippen molar-refractivity contribution in [2.75, 3.05) is 11.9 Å². The highest BCUT2D eigenvalue weighted by Gasteiger charge is 2.34. The molecule has 9 heteroatoms. The van der Waals surface area contributed by atoms with Crippen LogP contribution in [0.3, 0.4) is 0 Å². The summed E-state index contributed by atoms with van der Waals surface area (Å²) >= 11 is 0. The van der Waals surface area contributed by atoms with E-state index < -0.39 is 11.7 Å². The maximum Gasteiger partial charge on any atom is 0.410 e. The molecule has 0 bridgehead atoms. The number of amides is 3. The Kier molecular flexibility index (Phi) is 9.62. The number of anilines is 1. The topological polar surface area (TPSA) is 83.8 Å². The molecule has 0 saturated carbocycles. The van der Waals surface area contributed by atoms with E-state index in [4.69, 9.17) is 9.47 Å². The summed E-state index contributed by atoms with van der Waals surface area (Å²) in [5, 5.41) is 0. The van der Waals surface area contributed by atoms with E-state index in [1.165, 1.54) is 5.56 Å². The second-order valence-corrected chi connectivity index (χ2v) is 15.8. The summed E-state index contributed by atoms with van der Waals surface area (Å²) < 4.78 is 13.7. The zero-order valence-electron chi connectivity index (χ0n) is 32.5. The maximum atomic E-state index is 14.9. The molecule has 0 saturated heterocycles. The average Bonchev–Trinajstić information content (AvgIpc) is 3.80. The van der Waals surface area contributed by atoms with E-state index in [0.29, 0.717) is 60.1 Å². The van der Waals surface area contributed by atoms with Gasteiger partial charge < -0.3 is 23.7 Å². The third-order valence-electron chi connectivity index (χ3n) is 10.7. The number of carbonyl (C=O) groups is 3. The third kappa shape index (κ3) is 7.24. The molecular formula is C47H46N4O5. The molecule has 0 spiro atoms. The number of benzene rings is 4. The van der Waals surface area contributed by atoms with Crippen LogP contribution in [0.15, 0.2) is 121 Å². The maximum absolute atomic E-state index is 14.9. The second kappa shape index (κ2) is 14.7. The Hall–Kier alpha value is -6.35. The lowest BCUT2D eigenvalue weighted by Gasteiger charge is -2.35. The van der Waals surface area contributed by atoms with E-state index in [1.54, 1.807) is 16.8 Å². The van der Waals surface area contributed by atoms with Gasteiger partial charge in [-0.1, -0.05) is 60.7 Å². The summed E-state index contributed by atoms with van der Waals surface area (Å²) in [7, 11) is 1.76. The first-order chi connectivity index (χ1) is 26.9. The van der Waals surface area contributed by atoms with Crippen molar-refractivity contribution in [3.05, 3.63) is 160 Å². The van der Waals surface area contributed by atoms with Gasteiger partial charge >= 0.3 is 6.09 Å². The molecule has 0 fully saturated rings. The highest BCUT2D eigenvalue weighted by atomic mass is 16.6. The van der Waals surface area contributed by atoms with Crippen LogP contribution in [-0.4, -0.2) is 50.8 Å². The molecule has 4 heterocycles. The van der Waals surface area contributed by atoms with Crippen molar-refractivity contribution in [1.82, 2.24) is 14.2 Å². The minimum absolute atomic E-state index is 0.0262. The average molecular weight is 747 g/mol. The van der Waals surface area contributed by atoms with Crippen molar-refractivity contribution in [3.8, 4) is 17.0 Å². The number of nitrogens with zero attached hydrogens (tertiary/aromatic N) is 4. The monoisotopic (exact) mass is 746 g/mol. The standard InChI is InChI=1S/C47H46N4O5/c1-31-23-33-15-9-10-16-34(33)29-51(31)45(53)40-25-36-28-49(46(54)56-47(2,3)4)27-35(36)24-39(40)43-26-41(42-17-11-12-22-50(42)43)44(52)48(5)37-18-20-38(21-19-37)55-30-32-13-7-6-8-14-32/h6-22,24-26,31H,23,27-30H2,1-5H3/t31-/m1/s1. The Morgan fingerprint density at radius 3 is 2.16 bits per heavy atom. The number of carbonyl (C=O) groups excluding carboxylic acids is 3. The van der Waals surface area contributed by atoms with Gasteiger partial charge in [0.2, 0.25) is 0 Å². The zero-order chi connectivity index (χ0) is 39.1. The van der Waals surface area contributed by atoms with Crippen LogP contribution in [0.25, 0.3) is 16.8 Å². The molecule has 0 radical (unpaired) electrons. The summed E-state index contributed by atoms with van der Waals surface area (Å²) in [4.78, 5) is 47.7. The fourth-order valence-corrected chi connectivity index (χ4v) is 7.74. The lowest BCUT2D eigenvalue weighted by Crippen LogP contribution is -2.42. The minimum atomic E-state index is -0.641. The van der Waals surface area contributed by atoms with Gasteiger partial charge in [0.15, 0.2) is 0 Å². The number of hydrogen-bond donors (Lipinski definition) is 0. The molecule has 1 atom stereocenters. The number of fused-ring (bicyclic) bond motifs is 3. The molecule has 3 amide bonds. The molecule has 2 aliphatic rings. The fraction of sp³-hybridized carbons (Fsp3) is 0.255. The van der Waals surface area contributed by atoms with E-state index >= 15 is 0 Å². The van der Waals surface area contributed by atoms with E-state index in [-0.39, 0.29) is 17.9 Å². The van der Waals surface area contributed by atoms with Crippen LogP contribution in [0, 0.1) is 0 Å². The normalized spacial score (nSPS) is 15.0. The summed E-state index contributed by atoms with van der Waals surface area (Å²) in [6, 6.07) is 37.3. The predicted molar refractivity (Wildman–Crippen MR) is 218 cm³/mol. The Morgan fingerprint density at radius 1 is 0.750 bits per heavy atom. The molecule has 6 aromatic rings. The van der Waals surface area contributed by atoms with E-state index in [0.717, 1.165) is 34.2 Å². The molecule has 8 rings (SSSR count). The fourth-order valence-electron chi connectivity index (χ4n) is 7.74. The number of aromatic nitrogens is 1. The highest BCUT2D eigenvalue weighted by molar-refractivity contribution is 6.12. The Bertz CT molecular complexity index is 2450. The first-order valence-electron chi connectivity index (χ1n) is 19.1. The second-order valence-electron chi connectivity index (χ2n) is 15.8. The predicted octanol–water partition coefficient (Wildman–Crippen LogP) is 9.30. The van der Waals surface area contributed by atoms with Gasteiger partial charge in [-0.15, -0.1) is 0 Å². The van der Waals surface area contributed by atoms with Gasteiger partial charge in [-0.25, -0.2) is 4.79 Å². The Morgan fingerprint density at radius 2 is 1.43 bits per heavy atom. The van der Waals surface area contributed by atoms with Gasteiger partial charge in [-0.2, -0.15) is 0 Å². The van der Waals surface area contributed by atoms with Gasteiger partial charge in [-0.3, -0.25) is 14.5 Å². The number of pyridine rings is 1. The zero-order valence-corrected chi connectivity index (χ0v) is 32.5. The molecule has 4 aromatic carbocycles. The quantitative estimate of drug-likeness (QED) is 0.163. The molecule has 9 nitrogen and oxygen atoms in total. The van der Waals surface area contributed by atoms with Crippen molar-refractivity contribution in [3.63, 3.8) is 0 Å². The van der Waals surface area contributed by atoms with Gasteiger partial charge in [0, 0.05) is 55.7 Å². The van der Waals surface area contributed by atoms with Crippen molar-refractivity contribution < 1.29 is 23.9 Å². The van der Waals surface area contributed by atoms with Crippen LogP contribution >= 0.6 is 0 Å². The Labute approximate surface area is 327 Å². The van der Waals surface area contributed by atoms with Crippen molar-refractivity contribution >= 4 is 29.1 Å². The van der Waals surface area contributed by atoms with E-state index in [9.17, 15) is 14.4 Å². The summed E-state index contributed by atoms with van der Waals surface area (Å²) in [5.74, 6) is 0.427. The third-order valence-corrected chi connectivity index (χ3v) is 10.7. The van der Waals surface area contributed by atoms with Crippen LogP contribution in [-0.2, 0) is 37.4 Å². The number of rotatable bonds is 7. The molecule has 0 N–H and O–H groups in total. The van der Waals surface area contributed by atoms with Crippen LogP contribution in [0.2, 0.25) is 0 Å². The smallest absolute Gasteiger partial charge is 0.410 e. The Balaban J connectivity index is 1.15. The molecule has 0 aliphatic carbocycles. The van der Waals surface area contributed by atoms with Gasteiger partial charge in [-0.05, 0) is 117 Å². The minimum Gasteiger partial charge on any atom is -0.489 e. The molecule has 56 heavy (non-hydrogen) atoms. The van der Waals surface area contributed by atoms with Gasteiger partial charge in [0.05, 0.1) is 16.8 Å². The van der Waals surface area contributed by atoms with Crippen molar-refractivity contribution in [2.24, 2.45) is 0 Å². The van der Waals surface area contributed by atoms with E-state index in [2.05, 4.69) is 19.1 Å². The molecule has 2 aromatic heterocycles. The van der Waals surface area contributed by atoms with Gasteiger partial charge in [0.25, 0.3) is 11.8 Å². The largest absolute Gasteiger partial charge is 0.489 e. The van der Waals surface area contributed by atoms with Crippen molar-refractivity contribution in [1.29, 1.82) is 0 Å². The van der Waals surface area contributed by atoms with Crippen molar-refractivity contribution in [2.45, 2.75) is 72.0 Å². The lowest BCUT2D eigenvalue weighted by molar-refractivity contribution is 0.0241. The van der Waals surface area contributed by atoms with Crippen LogP contribution < -0.4 is 9.64 Å².